The van der Waals surface area contributed by atoms with Gasteiger partial charge in [-0.2, -0.15) is 0 Å². The monoisotopic (exact) mass is 680 g/mol. The van der Waals surface area contributed by atoms with E-state index in [9.17, 15) is 4.79 Å². The van der Waals surface area contributed by atoms with Crippen molar-refractivity contribution >= 4 is 67.2 Å². The molecular formula is C29H52O7Si6. The molecule has 0 aliphatic heterocycles. The summed E-state index contributed by atoms with van der Waals surface area (Å²) in [5.74, 6) is -0.422. The van der Waals surface area contributed by atoms with Gasteiger partial charge in [-0.3, -0.25) is 0 Å². The predicted octanol–water partition coefficient (Wildman–Crippen LogP) is 6.59. The molecule has 1 atom stereocenters. The lowest BCUT2D eigenvalue weighted by molar-refractivity contribution is -0.137. The van der Waals surface area contributed by atoms with Crippen molar-refractivity contribution in [3.8, 4) is 0 Å². The van der Waals surface area contributed by atoms with Gasteiger partial charge in [0.2, 0.25) is 0 Å². The summed E-state index contributed by atoms with van der Waals surface area (Å²) in [6.07, 6.45) is 1.82. The Bertz CT molecular complexity index is 1110. The summed E-state index contributed by atoms with van der Waals surface area (Å²) in [6.45, 7) is 27.4. The Morgan fingerprint density at radius 2 is 1.07 bits per heavy atom. The van der Waals surface area contributed by atoms with Crippen molar-refractivity contribution < 1.29 is 30.1 Å². The highest BCUT2D eigenvalue weighted by atomic mass is 28.5. The average Bonchev–Trinajstić information content (AvgIpc) is 2.83. The van der Waals surface area contributed by atoms with Crippen molar-refractivity contribution in [3.63, 3.8) is 0 Å². The number of hydrogen-bond acceptors (Lipinski definition) is 7. The second kappa shape index (κ2) is 14.7. The molecule has 0 N–H and O–H groups in total. The molecule has 2 rings (SSSR count). The molecule has 0 aliphatic rings. The van der Waals surface area contributed by atoms with Gasteiger partial charge in [-0.05, 0) is 94.9 Å². The molecule has 0 amide bonds. The summed E-state index contributed by atoms with van der Waals surface area (Å²) in [7, 11) is -15.6. The Morgan fingerprint density at radius 3 is 1.48 bits per heavy atom. The summed E-state index contributed by atoms with van der Waals surface area (Å²) in [5, 5.41) is 2.04. The quantitative estimate of drug-likeness (QED) is 0.0808. The van der Waals surface area contributed by atoms with E-state index in [0.717, 1.165) is 10.4 Å². The van der Waals surface area contributed by atoms with E-state index >= 15 is 0 Å². The SMILES string of the molecule is C=CC(=O)OCCC[Si](C)(O[Si](C)(C)C)O[Si](C)(C)O[Si](O[Si](C)(C)O[Si](C)(C)C)(c1ccccc1)c1ccccc1. The van der Waals surface area contributed by atoms with Crippen LogP contribution in [0.1, 0.15) is 6.42 Å². The van der Waals surface area contributed by atoms with Crippen LogP contribution in [0.15, 0.2) is 73.3 Å². The molecule has 0 aliphatic carbocycles. The highest BCUT2D eigenvalue weighted by Crippen LogP contribution is 2.30. The number of hydrogen-bond donors (Lipinski definition) is 0. The van der Waals surface area contributed by atoms with E-state index in [1.807, 2.05) is 36.4 Å². The van der Waals surface area contributed by atoms with Gasteiger partial charge in [0.25, 0.3) is 0 Å². The minimum Gasteiger partial charge on any atom is -0.463 e. The maximum Gasteiger partial charge on any atom is 0.389 e. The number of carbonyl (C=O) groups excluding carboxylic acids is 1. The van der Waals surface area contributed by atoms with Crippen LogP contribution in [0.4, 0.5) is 0 Å². The molecule has 0 radical (unpaired) electrons. The fraction of sp³-hybridized carbons (Fsp3) is 0.483. The highest BCUT2D eigenvalue weighted by Gasteiger charge is 2.54. The van der Waals surface area contributed by atoms with Gasteiger partial charge in [0.05, 0.1) is 6.61 Å². The molecule has 234 valence electrons. The number of ether oxygens (including phenoxy) is 1. The Labute approximate surface area is 260 Å². The van der Waals surface area contributed by atoms with E-state index in [0.29, 0.717) is 19.1 Å². The molecule has 0 bridgehead atoms. The Kier molecular flexibility index (Phi) is 12.9. The van der Waals surface area contributed by atoms with Gasteiger partial charge in [0, 0.05) is 6.08 Å². The van der Waals surface area contributed by atoms with Gasteiger partial charge in [-0.1, -0.05) is 67.2 Å². The molecule has 0 aromatic heterocycles. The van der Waals surface area contributed by atoms with Crippen LogP contribution in [-0.2, 0) is 30.1 Å². The fourth-order valence-electron chi connectivity index (χ4n) is 5.13. The number of carbonyl (C=O) groups is 1. The van der Waals surface area contributed by atoms with Crippen LogP contribution < -0.4 is 10.4 Å². The van der Waals surface area contributed by atoms with E-state index in [1.165, 1.54) is 6.08 Å². The van der Waals surface area contributed by atoms with E-state index in [-0.39, 0.29) is 0 Å². The molecule has 0 spiro atoms. The van der Waals surface area contributed by atoms with Crippen LogP contribution in [0.3, 0.4) is 0 Å². The van der Waals surface area contributed by atoms with E-state index in [4.69, 9.17) is 25.3 Å². The lowest BCUT2D eigenvalue weighted by atomic mass is 10.4. The number of benzene rings is 2. The largest absolute Gasteiger partial charge is 0.463 e. The average molecular weight is 681 g/mol. The minimum absolute atomic E-state index is 0.290. The first-order chi connectivity index (χ1) is 19.2. The first kappa shape index (κ1) is 36.9. The molecule has 1 unspecified atom stereocenters. The normalized spacial score (nSPS) is 14.7. The Morgan fingerprint density at radius 1 is 0.643 bits per heavy atom. The summed E-state index contributed by atoms with van der Waals surface area (Å²) in [5.41, 5.74) is 0. The highest BCUT2D eigenvalue weighted by molar-refractivity contribution is 7.02. The molecule has 2 aromatic carbocycles. The molecule has 7 nitrogen and oxygen atoms in total. The maximum atomic E-state index is 11.6. The third-order valence-corrected chi connectivity index (χ3v) is 27.8. The number of esters is 1. The molecule has 0 heterocycles. The van der Waals surface area contributed by atoms with E-state index in [1.54, 1.807) is 0 Å². The van der Waals surface area contributed by atoms with Crippen molar-refractivity contribution in [2.45, 2.75) is 84.5 Å². The minimum atomic E-state index is -3.34. The van der Waals surface area contributed by atoms with Crippen LogP contribution in [0.5, 0.6) is 0 Å². The molecule has 0 fully saturated rings. The summed E-state index contributed by atoms with van der Waals surface area (Å²) >= 11 is 0. The molecule has 0 saturated carbocycles. The first-order valence-electron chi connectivity index (χ1n) is 14.6. The third kappa shape index (κ3) is 12.4. The molecular weight excluding hydrogens is 629 g/mol. The lowest BCUT2D eigenvalue weighted by Gasteiger charge is -2.46. The van der Waals surface area contributed by atoms with Crippen molar-refractivity contribution in [3.05, 3.63) is 73.3 Å². The summed E-state index contributed by atoms with van der Waals surface area (Å²) in [6, 6.07) is 21.3. The zero-order valence-electron chi connectivity index (χ0n) is 27.5. The van der Waals surface area contributed by atoms with E-state index in [2.05, 4.69) is 103 Å². The van der Waals surface area contributed by atoms with Gasteiger partial charge in [0.1, 0.15) is 0 Å². The van der Waals surface area contributed by atoms with Crippen LogP contribution >= 0.6 is 0 Å². The van der Waals surface area contributed by atoms with Crippen molar-refractivity contribution in [1.82, 2.24) is 0 Å². The zero-order chi connectivity index (χ0) is 31.9. The number of rotatable bonds is 17. The fourth-order valence-corrected chi connectivity index (χ4v) is 33.2. The van der Waals surface area contributed by atoms with Gasteiger partial charge >= 0.3 is 40.2 Å². The smallest absolute Gasteiger partial charge is 0.389 e. The molecule has 13 heteroatoms. The lowest BCUT2D eigenvalue weighted by Crippen LogP contribution is -2.72. The van der Waals surface area contributed by atoms with Crippen molar-refractivity contribution in [1.29, 1.82) is 0 Å². The Balaban J connectivity index is 2.58. The second-order valence-electron chi connectivity index (χ2n) is 13.5. The zero-order valence-corrected chi connectivity index (χ0v) is 33.5. The van der Waals surface area contributed by atoms with Gasteiger partial charge < -0.3 is 25.3 Å². The topological polar surface area (TPSA) is 72.5 Å². The van der Waals surface area contributed by atoms with E-state index < -0.39 is 56.8 Å². The first-order valence-corrected chi connectivity index (χ1v) is 31.4. The maximum absolute atomic E-state index is 11.6. The van der Waals surface area contributed by atoms with Crippen LogP contribution in [0, 0.1) is 0 Å². The Hall–Kier alpha value is -1.25. The standard InChI is InChI=1S/C29H52O7Si6/c1-13-29(30)31-25-20-26-41(12,33-38(5,6)7)34-40(10,11)36-42(27-21-16-14-17-22-27,28-23-18-15-19-24-28)35-39(8,9)32-37(2,3)4/h13-19,21-24H,1,20,25-26H2,2-12H3. The summed E-state index contributed by atoms with van der Waals surface area (Å²) < 4.78 is 40.6. The van der Waals surface area contributed by atoms with Crippen LogP contribution in [0.2, 0.25) is 78.1 Å². The van der Waals surface area contributed by atoms with Gasteiger partial charge in [-0.25, -0.2) is 4.79 Å². The van der Waals surface area contributed by atoms with Crippen molar-refractivity contribution in [2.24, 2.45) is 0 Å². The van der Waals surface area contributed by atoms with Crippen LogP contribution in [-0.4, -0.2) is 63.5 Å². The molecule has 2 aromatic rings. The molecule has 0 saturated heterocycles. The van der Waals surface area contributed by atoms with Gasteiger partial charge in [0.15, 0.2) is 16.6 Å². The van der Waals surface area contributed by atoms with Crippen molar-refractivity contribution in [2.75, 3.05) is 6.61 Å². The second-order valence-corrected chi connectivity index (χ2v) is 36.8. The third-order valence-electron chi connectivity index (χ3n) is 5.81. The van der Waals surface area contributed by atoms with Crippen LogP contribution in [0.25, 0.3) is 0 Å². The van der Waals surface area contributed by atoms with Gasteiger partial charge in [-0.15, -0.1) is 0 Å². The summed E-state index contributed by atoms with van der Waals surface area (Å²) in [4.78, 5) is 11.6. The predicted molar refractivity (Wildman–Crippen MR) is 187 cm³/mol. The molecule has 42 heavy (non-hydrogen) atoms.